The van der Waals surface area contributed by atoms with E-state index in [4.69, 9.17) is 11.6 Å². The molecule has 0 saturated heterocycles. The van der Waals surface area contributed by atoms with E-state index in [9.17, 15) is 22.0 Å². The minimum Gasteiger partial charge on any atom is -0.325 e. The Hall–Kier alpha value is -2.81. The summed E-state index contributed by atoms with van der Waals surface area (Å²) < 4.78 is 54.5. The molecule has 30 heavy (non-hydrogen) atoms. The molecular formula is C21H17ClF2N2O3S. The van der Waals surface area contributed by atoms with Gasteiger partial charge in [-0.1, -0.05) is 41.9 Å². The van der Waals surface area contributed by atoms with Gasteiger partial charge in [0.05, 0.1) is 4.90 Å². The third kappa shape index (κ3) is 5.63. The maximum Gasteiger partial charge on any atom is 0.242 e. The minimum absolute atomic E-state index is 0.00246. The number of sulfonamides is 1. The van der Waals surface area contributed by atoms with Crippen molar-refractivity contribution in [3.05, 3.63) is 95.0 Å². The van der Waals surface area contributed by atoms with Crippen molar-refractivity contribution in [2.75, 3.05) is 5.32 Å². The number of rotatable bonds is 7. The molecule has 1 atom stereocenters. The molecule has 3 aromatic rings. The number of halogens is 3. The van der Waals surface area contributed by atoms with Gasteiger partial charge in [-0.2, -0.15) is 4.72 Å². The zero-order chi connectivity index (χ0) is 21.7. The number of amides is 1. The van der Waals surface area contributed by atoms with E-state index in [1.54, 1.807) is 30.3 Å². The van der Waals surface area contributed by atoms with E-state index in [1.165, 1.54) is 30.3 Å². The Balaban J connectivity index is 1.86. The summed E-state index contributed by atoms with van der Waals surface area (Å²) in [5.74, 6) is -2.91. The molecule has 0 aromatic heterocycles. The highest BCUT2D eigenvalue weighted by molar-refractivity contribution is 7.89. The van der Waals surface area contributed by atoms with Gasteiger partial charge in [-0.05, 0) is 48.4 Å². The van der Waals surface area contributed by atoms with E-state index >= 15 is 0 Å². The predicted octanol–water partition coefficient (Wildman–Crippen LogP) is 4.15. The van der Waals surface area contributed by atoms with E-state index in [-0.39, 0.29) is 17.0 Å². The quantitative estimate of drug-likeness (QED) is 0.568. The van der Waals surface area contributed by atoms with E-state index in [0.717, 1.165) is 12.1 Å². The second-order valence-corrected chi connectivity index (χ2v) is 8.59. The van der Waals surface area contributed by atoms with Gasteiger partial charge in [0.25, 0.3) is 0 Å². The standard InChI is InChI=1S/C21H17ClF2N2O3S/c22-15-6-9-17(10-7-15)30(28,29)26-20(12-14-4-2-1-3-5-14)21(27)25-16-8-11-18(23)19(24)13-16/h1-11,13,20,26H,12H2,(H,25,27)/t20-/m0/s1. The lowest BCUT2D eigenvalue weighted by molar-refractivity contribution is -0.117. The van der Waals surface area contributed by atoms with Crippen molar-refractivity contribution in [2.45, 2.75) is 17.4 Å². The average molecular weight is 451 g/mol. The van der Waals surface area contributed by atoms with Crippen LogP contribution in [0.1, 0.15) is 5.56 Å². The van der Waals surface area contributed by atoms with Crippen molar-refractivity contribution in [3.63, 3.8) is 0 Å². The van der Waals surface area contributed by atoms with Crippen LogP contribution in [-0.2, 0) is 21.2 Å². The molecule has 2 N–H and O–H groups in total. The maximum atomic E-state index is 13.5. The lowest BCUT2D eigenvalue weighted by Crippen LogP contribution is -2.45. The zero-order valence-electron chi connectivity index (χ0n) is 15.5. The minimum atomic E-state index is -4.05. The first-order valence-electron chi connectivity index (χ1n) is 8.82. The van der Waals surface area contributed by atoms with Gasteiger partial charge in [-0.15, -0.1) is 0 Å². The first-order chi connectivity index (χ1) is 14.2. The molecule has 0 radical (unpaired) electrons. The Kier molecular flexibility index (Phi) is 6.81. The molecule has 0 heterocycles. The number of carbonyl (C=O) groups excluding carboxylic acids is 1. The van der Waals surface area contributed by atoms with Crippen molar-refractivity contribution in [1.82, 2.24) is 4.72 Å². The van der Waals surface area contributed by atoms with Crippen molar-refractivity contribution >= 4 is 33.2 Å². The van der Waals surface area contributed by atoms with Crippen LogP contribution in [0.2, 0.25) is 5.02 Å². The maximum absolute atomic E-state index is 13.5. The fourth-order valence-corrected chi connectivity index (χ4v) is 4.03. The SMILES string of the molecule is O=C(Nc1ccc(F)c(F)c1)[C@H](Cc1ccccc1)NS(=O)(=O)c1ccc(Cl)cc1. The van der Waals surface area contributed by atoms with Gasteiger partial charge in [0.1, 0.15) is 6.04 Å². The molecule has 3 rings (SSSR count). The summed E-state index contributed by atoms with van der Waals surface area (Å²) in [6.45, 7) is 0. The Bertz CT molecular complexity index is 1140. The summed E-state index contributed by atoms with van der Waals surface area (Å²) in [4.78, 5) is 12.7. The van der Waals surface area contributed by atoms with Gasteiger partial charge in [0.15, 0.2) is 11.6 Å². The van der Waals surface area contributed by atoms with Crippen LogP contribution in [-0.4, -0.2) is 20.4 Å². The van der Waals surface area contributed by atoms with Gasteiger partial charge in [-0.3, -0.25) is 4.79 Å². The fraction of sp³-hybridized carbons (Fsp3) is 0.0952. The number of benzene rings is 3. The van der Waals surface area contributed by atoms with Crippen LogP contribution in [0.15, 0.2) is 77.7 Å². The summed E-state index contributed by atoms with van der Waals surface area (Å²) in [5, 5.41) is 2.79. The number of anilines is 1. The monoisotopic (exact) mass is 450 g/mol. The molecule has 3 aromatic carbocycles. The van der Waals surface area contributed by atoms with E-state index in [1.807, 2.05) is 0 Å². The third-order valence-electron chi connectivity index (χ3n) is 4.21. The van der Waals surface area contributed by atoms with E-state index in [0.29, 0.717) is 10.6 Å². The van der Waals surface area contributed by atoms with Crippen LogP contribution in [0.5, 0.6) is 0 Å². The van der Waals surface area contributed by atoms with Gasteiger partial charge in [0.2, 0.25) is 15.9 Å². The van der Waals surface area contributed by atoms with E-state index < -0.39 is 33.6 Å². The van der Waals surface area contributed by atoms with Gasteiger partial charge in [-0.25, -0.2) is 17.2 Å². The molecule has 0 spiro atoms. The number of hydrogen-bond acceptors (Lipinski definition) is 3. The molecule has 1 amide bonds. The van der Waals surface area contributed by atoms with Crippen LogP contribution in [0.25, 0.3) is 0 Å². The second-order valence-electron chi connectivity index (χ2n) is 6.44. The molecule has 9 heteroatoms. The van der Waals surface area contributed by atoms with Crippen LogP contribution in [0, 0.1) is 11.6 Å². The molecule has 0 aliphatic rings. The lowest BCUT2D eigenvalue weighted by atomic mass is 10.1. The van der Waals surface area contributed by atoms with Crippen LogP contribution >= 0.6 is 11.6 Å². The van der Waals surface area contributed by atoms with Gasteiger partial charge in [0, 0.05) is 16.8 Å². The van der Waals surface area contributed by atoms with Gasteiger partial charge >= 0.3 is 0 Å². The summed E-state index contributed by atoms with van der Waals surface area (Å²) in [5.41, 5.74) is 0.712. The summed E-state index contributed by atoms with van der Waals surface area (Å²) in [7, 11) is -4.05. The highest BCUT2D eigenvalue weighted by Crippen LogP contribution is 2.17. The smallest absolute Gasteiger partial charge is 0.242 e. The Morgan fingerprint density at radius 2 is 1.60 bits per heavy atom. The van der Waals surface area contributed by atoms with Gasteiger partial charge < -0.3 is 5.32 Å². The average Bonchev–Trinajstić information content (AvgIpc) is 2.71. The van der Waals surface area contributed by atoms with Crippen LogP contribution in [0.4, 0.5) is 14.5 Å². The summed E-state index contributed by atoms with van der Waals surface area (Å²) in [6, 6.07) is 15.9. The fourth-order valence-electron chi connectivity index (χ4n) is 2.71. The molecule has 0 fully saturated rings. The molecule has 0 unspecified atom stereocenters. The lowest BCUT2D eigenvalue weighted by Gasteiger charge is -2.19. The number of carbonyl (C=O) groups is 1. The first kappa shape index (κ1) is 21.9. The molecule has 0 aliphatic heterocycles. The normalized spacial score (nSPS) is 12.4. The highest BCUT2D eigenvalue weighted by Gasteiger charge is 2.26. The number of hydrogen-bond donors (Lipinski definition) is 2. The third-order valence-corrected chi connectivity index (χ3v) is 5.95. The molecule has 0 bridgehead atoms. The zero-order valence-corrected chi connectivity index (χ0v) is 17.1. The Morgan fingerprint density at radius 1 is 0.933 bits per heavy atom. The molecule has 0 aliphatic carbocycles. The Morgan fingerprint density at radius 3 is 2.23 bits per heavy atom. The molecular weight excluding hydrogens is 434 g/mol. The predicted molar refractivity (Wildman–Crippen MR) is 111 cm³/mol. The highest BCUT2D eigenvalue weighted by atomic mass is 35.5. The summed E-state index contributed by atoms with van der Waals surface area (Å²) >= 11 is 5.80. The molecule has 156 valence electrons. The van der Waals surface area contributed by atoms with E-state index in [2.05, 4.69) is 10.0 Å². The topological polar surface area (TPSA) is 75.3 Å². The largest absolute Gasteiger partial charge is 0.325 e. The van der Waals surface area contributed by atoms with Crippen molar-refractivity contribution in [2.24, 2.45) is 0 Å². The Labute approximate surface area is 177 Å². The first-order valence-corrected chi connectivity index (χ1v) is 10.7. The van der Waals surface area contributed by atoms with Crippen molar-refractivity contribution < 1.29 is 22.0 Å². The van der Waals surface area contributed by atoms with Crippen LogP contribution in [0.3, 0.4) is 0 Å². The van der Waals surface area contributed by atoms with Crippen molar-refractivity contribution in [1.29, 1.82) is 0 Å². The summed E-state index contributed by atoms with van der Waals surface area (Å²) in [6.07, 6.45) is 0.0448. The van der Waals surface area contributed by atoms with Crippen molar-refractivity contribution in [3.8, 4) is 0 Å². The number of nitrogens with one attached hydrogen (secondary N) is 2. The molecule has 0 saturated carbocycles. The van der Waals surface area contributed by atoms with Crippen LogP contribution < -0.4 is 10.0 Å². The second kappa shape index (κ2) is 9.34. The molecule has 5 nitrogen and oxygen atoms in total.